The molecule has 2 aromatic carbocycles. The minimum Gasteiger partial charge on any atom is -0.382 e. The van der Waals surface area contributed by atoms with Crippen molar-refractivity contribution in [3.05, 3.63) is 59.7 Å². The molecule has 0 spiro atoms. The largest absolute Gasteiger partial charge is 0.407 e. The van der Waals surface area contributed by atoms with E-state index >= 15 is 0 Å². The number of amides is 1. The molecular formula is C26H27F6N3O2. The van der Waals surface area contributed by atoms with Crippen LogP contribution in [0.2, 0.25) is 0 Å². The summed E-state index contributed by atoms with van der Waals surface area (Å²) in [6, 6.07) is 8.79. The Balaban J connectivity index is 1.84. The van der Waals surface area contributed by atoms with E-state index < -0.39 is 54.3 Å². The third kappa shape index (κ3) is 7.46. The monoisotopic (exact) mass is 527 g/mol. The van der Waals surface area contributed by atoms with Crippen LogP contribution >= 0.6 is 0 Å². The zero-order valence-electron chi connectivity index (χ0n) is 20.1. The number of hydrogen-bond acceptors (Lipinski definition) is 4. The fraction of sp³-hybridized carbons (Fsp3) is 0.462. The number of nitriles is 1. The van der Waals surface area contributed by atoms with Crippen LogP contribution in [0.5, 0.6) is 0 Å². The van der Waals surface area contributed by atoms with E-state index in [2.05, 4.69) is 10.6 Å². The fourth-order valence-electron chi connectivity index (χ4n) is 3.89. The van der Waals surface area contributed by atoms with Crippen LogP contribution in [-0.4, -0.2) is 40.9 Å². The summed E-state index contributed by atoms with van der Waals surface area (Å²) in [5.74, 6) is -0.887. The van der Waals surface area contributed by atoms with Gasteiger partial charge in [0.1, 0.15) is 23.4 Å². The number of nitrogens with one attached hydrogen (secondary N) is 2. The molecular weight excluding hydrogens is 500 g/mol. The lowest BCUT2D eigenvalue weighted by Crippen LogP contribution is -2.53. The molecule has 0 aliphatic heterocycles. The quantitative estimate of drug-likeness (QED) is 0.355. The minimum absolute atomic E-state index is 0.00110. The van der Waals surface area contributed by atoms with Crippen LogP contribution in [-0.2, 0) is 4.79 Å². The first kappa shape index (κ1) is 28.5. The highest BCUT2D eigenvalue weighted by atomic mass is 19.4. The Labute approximate surface area is 210 Å². The molecule has 1 unspecified atom stereocenters. The van der Waals surface area contributed by atoms with Crippen LogP contribution in [0, 0.1) is 11.3 Å². The molecule has 200 valence electrons. The molecule has 0 bridgehead atoms. The van der Waals surface area contributed by atoms with Crippen molar-refractivity contribution in [3.8, 4) is 17.2 Å². The second-order valence-corrected chi connectivity index (χ2v) is 9.82. The first-order valence-electron chi connectivity index (χ1n) is 11.6. The topological polar surface area (TPSA) is 85.2 Å². The van der Waals surface area contributed by atoms with E-state index in [1.165, 1.54) is 48.5 Å². The number of rotatable bonds is 10. The van der Waals surface area contributed by atoms with Crippen molar-refractivity contribution in [1.29, 1.82) is 5.26 Å². The Bertz CT molecular complexity index is 1120. The van der Waals surface area contributed by atoms with Crippen LogP contribution in [0.25, 0.3) is 11.1 Å². The lowest BCUT2D eigenvalue weighted by molar-refractivity contribution is -0.161. The number of aliphatic hydroxyl groups excluding tert-OH is 1. The summed E-state index contributed by atoms with van der Waals surface area (Å²) >= 11 is 0. The number of carbonyl (C=O) groups is 1. The van der Waals surface area contributed by atoms with Crippen molar-refractivity contribution in [2.75, 3.05) is 0 Å². The summed E-state index contributed by atoms with van der Waals surface area (Å²) in [6.07, 6.45) is -9.56. The Morgan fingerprint density at radius 2 is 1.49 bits per heavy atom. The van der Waals surface area contributed by atoms with Gasteiger partial charge in [-0.1, -0.05) is 48.5 Å². The Morgan fingerprint density at radius 1 is 1.00 bits per heavy atom. The fourth-order valence-corrected chi connectivity index (χ4v) is 3.89. The van der Waals surface area contributed by atoms with E-state index in [1.807, 2.05) is 6.07 Å². The first-order chi connectivity index (χ1) is 17.1. The molecule has 37 heavy (non-hydrogen) atoms. The summed E-state index contributed by atoms with van der Waals surface area (Å²) in [4.78, 5) is 12.8. The molecule has 3 N–H and O–H groups in total. The zero-order valence-corrected chi connectivity index (χ0v) is 20.1. The highest BCUT2D eigenvalue weighted by molar-refractivity contribution is 5.83. The highest BCUT2D eigenvalue weighted by Crippen LogP contribution is 2.37. The van der Waals surface area contributed by atoms with E-state index in [9.17, 15) is 41.5 Å². The van der Waals surface area contributed by atoms with Gasteiger partial charge in [-0.2, -0.15) is 18.4 Å². The molecule has 0 saturated heterocycles. The maximum absolute atomic E-state index is 14.4. The van der Waals surface area contributed by atoms with Gasteiger partial charge in [0, 0.05) is 6.42 Å². The van der Waals surface area contributed by atoms with Gasteiger partial charge in [-0.15, -0.1) is 0 Å². The van der Waals surface area contributed by atoms with Gasteiger partial charge in [0.2, 0.25) is 5.91 Å². The van der Waals surface area contributed by atoms with E-state index in [-0.39, 0.29) is 11.1 Å². The number of aliphatic hydroxyl groups is 1. The van der Waals surface area contributed by atoms with E-state index in [1.54, 1.807) is 0 Å². The molecule has 0 radical (unpaired) electrons. The SMILES string of the molecule is CC(C)(F)C[C@H](N[C@@H](c1ccc(-c2ccc(C(O)C(F)F)cc2)cc1)C(F)(F)F)C(=O)NC1(C#N)CC1. The molecule has 3 rings (SSSR count). The summed E-state index contributed by atoms with van der Waals surface area (Å²) in [7, 11) is 0. The van der Waals surface area contributed by atoms with Crippen molar-refractivity contribution in [3.63, 3.8) is 0 Å². The number of nitrogens with zero attached hydrogens (tertiary/aromatic N) is 1. The third-order valence-corrected chi connectivity index (χ3v) is 6.10. The molecule has 0 heterocycles. The molecule has 3 atom stereocenters. The van der Waals surface area contributed by atoms with Gasteiger partial charge in [-0.25, -0.2) is 13.2 Å². The molecule has 1 aliphatic carbocycles. The van der Waals surface area contributed by atoms with Crippen molar-refractivity contribution < 1.29 is 36.2 Å². The predicted molar refractivity (Wildman–Crippen MR) is 124 cm³/mol. The summed E-state index contributed by atoms with van der Waals surface area (Å²) in [5.41, 5.74) is -2.31. The lowest BCUT2D eigenvalue weighted by atomic mass is 9.96. The molecule has 1 amide bonds. The van der Waals surface area contributed by atoms with Crippen molar-refractivity contribution in [2.24, 2.45) is 0 Å². The average Bonchev–Trinajstić information content (AvgIpc) is 3.59. The Kier molecular flexibility index (Phi) is 8.24. The Morgan fingerprint density at radius 3 is 1.86 bits per heavy atom. The molecule has 11 heteroatoms. The van der Waals surface area contributed by atoms with Crippen molar-refractivity contribution >= 4 is 5.91 Å². The number of benzene rings is 2. The lowest BCUT2D eigenvalue weighted by Gasteiger charge is -2.30. The van der Waals surface area contributed by atoms with E-state index in [0.717, 1.165) is 13.8 Å². The second-order valence-electron chi connectivity index (χ2n) is 9.82. The van der Waals surface area contributed by atoms with Gasteiger partial charge in [-0.05, 0) is 48.9 Å². The second kappa shape index (κ2) is 10.7. The maximum atomic E-state index is 14.4. The van der Waals surface area contributed by atoms with Gasteiger partial charge < -0.3 is 10.4 Å². The highest BCUT2D eigenvalue weighted by Gasteiger charge is 2.48. The normalized spacial score (nSPS) is 17.5. The van der Waals surface area contributed by atoms with Gasteiger partial charge in [0.15, 0.2) is 0 Å². The standard InChI is InChI=1S/C26H27F6N3O2/c1-24(2,29)13-19(23(37)35-25(14-33)11-12-25)34-21(26(30,31)32)18-9-5-16(6-10-18)15-3-7-17(8-4-15)20(36)22(27)28/h3-10,19-22,34,36H,11-13H2,1-2H3,(H,35,37)/t19-,20?,21-/m0/s1. The van der Waals surface area contributed by atoms with Crippen LogP contribution in [0.15, 0.2) is 48.5 Å². The summed E-state index contributed by atoms with van der Waals surface area (Å²) < 4.78 is 82.0. The van der Waals surface area contributed by atoms with Gasteiger partial charge in [0.05, 0.1) is 12.1 Å². The number of hydrogen-bond donors (Lipinski definition) is 3. The molecule has 2 aromatic rings. The average molecular weight is 528 g/mol. The molecule has 5 nitrogen and oxygen atoms in total. The van der Waals surface area contributed by atoms with Crippen molar-refractivity contribution in [1.82, 2.24) is 10.6 Å². The minimum atomic E-state index is -4.83. The number of alkyl halides is 6. The molecule has 1 aliphatic rings. The van der Waals surface area contributed by atoms with Crippen LogP contribution in [0.4, 0.5) is 26.3 Å². The number of halogens is 6. The maximum Gasteiger partial charge on any atom is 0.407 e. The van der Waals surface area contributed by atoms with Gasteiger partial charge >= 0.3 is 6.18 Å². The zero-order chi connectivity index (χ0) is 27.6. The van der Waals surface area contributed by atoms with Gasteiger partial charge in [0.25, 0.3) is 6.43 Å². The van der Waals surface area contributed by atoms with Crippen LogP contribution < -0.4 is 10.6 Å². The van der Waals surface area contributed by atoms with Crippen LogP contribution in [0.3, 0.4) is 0 Å². The molecule has 0 aromatic heterocycles. The molecule has 1 saturated carbocycles. The summed E-state index contributed by atoms with van der Waals surface area (Å²) in [6.45, 7) is 2.30. The molecule has 1 fully saturated rings. The summed E-state index contributed by atoms with van der Waals surface area (Å²) in [5, 5.41) is 23.4. The van der Waals surface area contributed by atoms with Crippen LogP contribution in [0.1, 0.15) is 56.4 Å². The smallest absolute Gasteiger partial charge is 0.382 e. The van der Waals surface area contributed by atoms with Gasteiger partial charge in [-0.3, -0.25) is 10.1 Å². The third-order valence-electron chi connectivity index (χ3n) is 6.10. The Hall–Kier alpha value is -3.10. The van der Waals surface area contributed by atoms with E-state index in [4.69, 9.17) is 0 Å². The first-order valence-corrected chi connectivity index (χ1v) is 11.6. The number of carbonyl (C=O) groups excluding carboxylic acids is 1. The van der Waals surface area contributed by atoms with E-state index in [0.29, 0.717) is 24.0 Å². The van der Waals surface area contributed by atoms with Crippen molar-refractivity contribution in [2.45, 2.75) is 75.1 Å². The predicted octanol–water partition coefficient (Wildman–Crippen LogP) is 5.52.